The fourth-order valence-corrected chi connectivity index (χ4v) is 4.37. The lowest BCUT2D eigenvalue weighted by atomic mass is 10.2. The normalized spacial score (nSPS) is 18.3. The molecule has 0 aromatic heterocycles. The number of nitrogens with zero attached hydrogens (tertiary/aromatic N) is 1. The van der Waals surface area contributed by atoms with Crippen molar-refractivity contribution in [2.24, 2.45) is 0 Å². The van der Waals surface area contributed by atoms with Crippen molar-refractivity contribution in [3.63, 3.8) is 0 Å². The van der Waals surface area contributed by atoms with Crippen molar-refractivity contribution >= 4 is 21.6 Å². The first-order chi connectivity index (χ1) is 10.9. The number of anilines is 1. The average Bonchev–Trinajstić information content (AvgIpc) is 3.04. The predicted octanol–water partition coefficient (Wildman–Crippen LogP) is 2.14. The number of sulfonamides is 1. The number of hydrogen-bond acceptors (Lipinski definition) is 4. The number of amides is 1. The average molecular weight is 340 g/mol. The Labute approximate surface area is 137 Å². The summed E-state index contributed by atoms with van der Waals surface area (Å²) >= 11 is 0. The molecule has 1 saturated heterocycles. The van der Waals surface area contributed by atoms with Gasteiger partial charge in [-0.3, -0.25) is 4.79 Å². The molecule has 0 bridgehead atoms. The van der Waals surface area contributed by atoms with E-state index in [0.29, 0.717) is 37.4 Å². The van der Waals surface area contributed by atoms with Gasteiger partial charge in [-0.05, 0) is 37.5 Å². The molecule has 1 heterocycles. The fourth-order valence-electron chi connectivity index (χ4n) is 2.67. The van der Waals surface area contributed by atoms with Gasteiger partial charge in [0.1, 0.15) is 6.10 Å². The molecule has 0 saturated carbocycles. The van der Waals surface area contributed by atoms with Gasteiger partial charge in [0.05, 0.1) is 4.90 Å². The third-order valence-corrected chi connectivity index (χ3v) is 6.19. The Morgan fingerprint density at radius 1 is 1.35 bits per heavy atom. The maximum Gasteiger partial charge on any atom is 0.253 e. The highest BCUT2D eigenvalue weighted by Crippen LogP contribution is 2.24. The lowest BCUT2D eigenvalue weighted by Gasteiger charge is -2.20. The van der Waals surface area contributed by atoms with Gasteiger partial charge < -0.3 is 10.1 Å². The molecule has 1 aliphatic rings. The minimum atomic E-state index is -3.56. The van der Waals surface area contributed by atoms with E-state index in [1.165, 1.54) is 10.4 Å². The van der Waals surface area contributed by atoms with Gasteiger partial charge in [0.2, 0.25) is 10.0 Å². The summed E-state index contributed by atoms with van der Waals surface area (Å²) in [6.45, 7) is 6.77. The van der Waals surface area contributed by atoms with E-state index in [4.69, 9.17) is 4.74 Å². The van der Waals surface area contributed by atoms with E-state index in [9.17, 15) is 13.2 Å². The first kappa shape index (κ1) is 17.9. The molecule has 6 nitrogen and oxygen atoms in total. The van der Waals surface area contributed by atoms with Crippen LogP contribution in [0.5, 0.6) is 0 Å². The van der Waals surface area contributed by atoms with Crippen LogP contribution in [0.25, 0.3) is 0 Å². The highest BCUT2D eigenvalue weighted by atomic mass is 32.2. The van der Waals surface area contributed by atoms with Crippen LogP contribution >= 0.6 is 0 Å². The van der Waals surface area contributed by atoms with Crippen LogP contribution < -0.4 is 5.32 Å². The van der Waals surface area contributed by atoms with Crippen LogP contribution in [0, 0.1) is 6.92 Å². The molecule has 128 valence electrons. The number of carbonyl (C=O) groups is 1. The van der Waals surface area contributed by atoms with Crippen LogP contribution in [0.1, 0.15) is 32.3 Å². The first-order valence-corrected chi connectivity index (χ1v) is 9.37. The van der Waals surface area contributed by atoms with Crippen molar-refractivity contribution < 1.29 is 17.9 Å². The third-order valence-electron chi connectivity index (χ3n) is 4.00. The number of rotatable bonds is 6. The molecule has 23 heavy (non-hydrogen) atoms. The molecule has 0 aliphatic carbocycles. The quantitative estimate of drug-likeness (QED) is 0.861. The summed E-state index contributed by atoms with van der Waals surface area (Å²) in [6.07, 6.45) is 1.12. The van der Waals surface area contributed by atoms with Gasteiger partial charge >= 0.3 is 0 Å². The van der Waals surface area contributed by atoms with Gasteiger partial charge in [-0.2, -0.15) is 4.31 Å². The van der Waals surface area contributed by atoms with Crippen molar-refractivity contribution in [2.75, 3.05) is 25.0 Å². The van der Waals surface area contributed by atoms with Crippen molar-refractivity contribution in [1.82, 2.24) is 4.31 Å². The predicted molar refractivity (Wildman–Crippen MR) is 88.9 cm³/mol. The molecule has 2 rings (SSSR count). The van der Waals surface area contributed by atoms with E-state index in [0.717, 1.165) is 6.42 Å². The highest BCUT2D eigenvalue weighted by molar-refractivity contribution is 7.89. The Morgan fingerprint density at radius 2 is 2.04 bits per heavy atom. The lowest BCUT2D eigenvalue weighted by Crippen LogP contribution is -2.31. The van der Waals surface area contributed by atoms with Gasteiger partial charge in [-0.1, -0.05) is 19.9 Å². The second-order valence-electron chi connectivity index (χ2n) is 5.56. The zero-order valence-electron chi connectivity index (χ0n) is 13.8. The van der Waals surface area contributed by atoms with Crippen LogP contribution in [0.3, 0.4) is 0 Å². The molecule has 0 spiro atoms. The van der Waals surface area contributed by atoms with Gasteiger partial charge in [-0.25, -0.2) is 8.42 Å². The molecule has 0 unspecified atom stereocenters. The second kappa shape index (κ2) is 7.42. The Balaban J connectivity index is 2.26. The molecule has 1 atom stereocenters. The molecule has 1 aromatic carbocycles. The summed E-state index contributed by atoms with van der Waals surface area (Å²) < 4.78 is 32.1. The minimum absolute atomic E-state index is 0.224. The molecule has 1 fully saturated rings. The molecule has 1 aliphatic heterocycles. The molecular formula is C16H24N2O4S. The standard InChI is InChI=1S/C16H24N2O4S/c1-4-18(5-2)23(20,21)15-11-13(9-8-12(15)3)17-16(19)14-7-6-10-22-14/h8-9,11,14H,4-7,10H2,1-3H3,(H,17,19)/t14-/m1/s1. The van der Waals surface area contributed by atoms with E-state index in [2.05, 4.69) is 5.32 Å². The smallest absolute Gasteiger partial charge is 0.253 e. The summed E-state index contributed by atoms with van der Waals surface area (Å²) in [6, 6.07) is 4.95. The molecule has 1 aromatic rings. The molecule has 1 N–H and O–H groups in total. The monoisotopic (exact) mass is 340 g/mol. The zero-order chi connectivity index (χ0) is 17.0. The topological polar surface area (TPSA) is 75.7 Å². The van der Waals surface area contributed by atoms with Gasteiger partial charge in [0.15, 0.2) is 0 Å². The second-order valence-corrected chi connectivity index (χ2v) is 7.47. The Morgan fingerprint density at radius 3 is 2.61 bits per heavy atom. The maximum atomic E-state index is 12.7. The van der Waals surface area contributed by atoms with Crippen molar-refractivity contribution in [3.8, 4) is 0 Å². The Hall–Kier alpha value is -1.44. The van der Waals surface area contributed by atoms with E-state index in [-0.39, 0.29) is 10.8 Å². The Kier molecular flexibility index (Phi) is 5.78. The van der Waals surface area contributed by atoms with Crippen LogP contribution in [0.2, 0.25) is 0 Å². The van der Waals surface area contributed by atoms with E-state index < -0.39 is 16.1 Å². The minimum Gasteiger partial charge on any atom is -0.368 e. The SMILES string of the molecule is CCN(CC)S(=O)(=O)c1cc(NC(=O)[C@H]2CCCO2)ccc1C. The largest absolute Gasteiger partial charge is 0.368 e. The number of hydrogen-bond donors (Lipinski definition) is 1. The summed E-state index contributed by atoms with van der Waals surface area (Å²) in [5.74, 6) is -0.224. The fraction of sp³-hybridized carbons (Fsp3) is 0.562. The number of ether oxygens (including phenoxy) is 1. The molecule has 0 radical (unpaired) electrons. The highest BCUT2D eigenvalue weighted by Gasteiger charge is 2.26. The van der Waals surface area contributed by atoms with Crippen molar-refractivity contribution in [1.29, 1.82) is 0 Å². The summed E-state index contributed by atoms with van der Waals surface area (Å²) in [7, 11) is -3.56. The van der Waals surface area contributed by atoms with E-state index >= 15 is 0 Å². The number of benzene rings is 1. The summed E-state index contributed by atoms with van der Waals surface area (Å²) in [5.41, 5.74) is 1.13. The van der Waals surface area contributed by atoms with Crippen LogP contribution in [0.15, 0.2) is 23.1 Å². The molecular weight excluding hydrogens is 316 g/mol. The molecule has 7 heteroatoms. The maximum absolute atomic E-state index is 12.7. The van der Waals surface area contributed by atoms with Crippen molar-refractivity contribution in [2.45, 2.75) is 44.6 Å². The number of carbonyl (C=O) groups excluding carboxylic acids is 1. The lowest BCUT2D eigenvalue weighted by molar-refractivity contribution is -0.124. The van der Waals surface area contributed by atoms with E-state index in [1.54, 1.807) is 32.9 Å². The van der Waals surface area contributed by atoms with Gasteiger partial charge in [0.25, 0.3) is 5.91 Å². The summed E-state index contributed by atoms with van der Waals surface area (Å²) in [5, 5.41) is 2.75. The number of nitrogens with one attached hydrogen (secondary N) is 1. The summed E-state index contributed by atoms with van der Waals surface area (Å²) in [4.78, 5) is 12.3. The number of aryl methyl sites for hydroxylation is 1. The van der Waals surface area contributed by atoms with E-state index in [1.807, 2.05) is 0 Å². The van der Waals surface area contributed by atoms with Gasteiger partial charge in [-0.15, -0.1) is 0 Å². The van der Waals surface area contributed by atoms with Crippen LogP contribution in [0.4, 0.5) is 5.69 Å². The third kappa shape index (κ3) is 3.91. The molecule has 1 amide bonds. The Bertz CT molecular complexity index is 663. The first-order valence-electron chi connectivity index (χ1n) is 7.93. The zero-order valence-corrected chi connectivity index (χ0v) is 14.6. The van der Waals surface area contributed by atoms with Crippen LogP contribution in [-0.4, -0.2) is 44.4 Å². The van der Waals surface area contributed by atoms with Crippen molar-refractivity contribution in [3.05, 3.63) is 23.8 Å². The van der Waals surface area contributed by atoms with Gasteiger partial charge in [0, 0.05) is 25.4 Å². The van der Waals surface area contributed by atoms with Crippen LogP contribution in [-0.2, 0) is 19.6 Å².